The van der Waals surface area contributed by atoms with Gasteiger partial charge < -0.3 is 25.0 Å². The topological polar surface area (TPSA) is 75.2 Å². The third kappa shape index (κ3) is 8.76. The number of ether oxygens (including phenoxy) is 2. The Hall–Kier alpha value is -1.34. The quantitative estimate of drug-likeness (QED) is 0.327. The van der Waals surface area contributed by atoms with Crippen LogP contribution in [0.2, 0.25) is 0 Å². The van der Waals surface area contributed by atoms with Gasteiger partial charge in [-0.05, 0) is 32.1 Å². The van der Waals surface area contributed by atoms with Crippen molar-refractivity contribution in [1.29, 1.82) is 0 Å². The molecular weight excluding hydrogens is 296 g/mol. The van der Waals surface area contributed by atoms with E-state index in [-0.39, 0.29) is 18.5 Å². The molecule has 1 aliphatic rings. The summed E-state index contributed by atoms with van der Waals surface area (Å²) in [6.07, 6.45) is 3.33. The molecule has 1 unspecified atom stereocenters. The van der Waals surface area contributed by atoms with Crippen molar-refractivity contribution in [1.82, 2.24) is 15.5 Å². The zero-order chi connectivity index (χ0) is 17.1. The highest BCUT2D eigenvalue weighted by Crippen LogP contribution is 2.32. The standard InChI is InChI=1S/C16H32N4O3/c1-5-23-10-6-9-17-16(18-11-15(21)20(2)3)19-14(12-22-4)13-7-8-13/h13-14H,5-12H2,1-4H3,(H2,17,18,19). The van der Waals surface area contributed by atoms with E-state index in [0.717, 1.165) is 26.2 Å². The van der Waals surface area contributed by atoms with Crippen molar-refractivity contribution in [3.8, 4) is 0 Å². The van der Waals surface area contributed by atoms with Crippen LogP contribution in [0.4, 0.5) is 0 Å². The number of nitrogens with zero attached hydrogens (tertiary/aromatic N) is 2. The van der Waals surface area contributed by atoms with Crippen molar-refractivity contribution in [2.75, 3.05) is 54.1 Å². The zero-order valence-electron chi connectivity index (χ0n) is 14.9. The molecule has 7 nitrogen and oxygen atoms in total. The number of amides is 1. The van der Waals surface area contributed by atoms with Gasteiger partial charge in [-0.25, -0.2) is 4.99 Å². The van der Waals surface area contributed by atoms with Crippen LogP contribution < -0.4 is 10.6 Å². The zero-order valence-corrected chi connectivity index (χ0v) is 14.9. The average molecular weight is 328 g/mol. The van der Waals surface area contributed by atoms with Gasteiger partial charge in [-0.15, -0.1) is 0 Å². The van der Waals surface area contributed by atoms with E-state index in [1.807, 2.05) is 6.92 Å². The van der Waals surface area contributed by atoms with Gasteiger partial charge in [0.2, 0.25) is 5.91 Å². The van der Waals surface area contributed by atoms with E-state index in [0.29, 0.717) is 18.5 Å². The molecule has 2 N–H and O–H groups in total. The maximum Gasteiger partial charge on any atom is 0.243 e. The number of hydrogen-bond acceptors (Lipinski definition) is 4. The SMILES string of the molecule is CCOCCCNC(=NCC(=O)N(C)C)NC(COC)C1CC1. The molecular formula is C16H32N4O3. The Morgan fingerprint density at radius 2 is 2.13 bits per heavy atom. The van der Waals surface area contributed by atoms with Gasteiger partial charge in [-0.3, -0.25) is 4.79 Å². The first-order valence-electron chi connectivity index (χ1n) is 8.40. The summed E-state index contributed by atoms with van der Waals surface area (Å²) < 4.78 is 10.6. The Morgan fingerprint density at radius 1 is 1.39 bits per heavy atom. The summed E-state index contributed by atoms with van der Waals surface area (Å²) in [5.41, 5.74) is 0. The fourth-order valence-electron chi connectivity index (χ4n) is 2.12. The number of aliphatic imine (C=N–C) groups is 1. The van der Waals surface area contributed by atoms with Crippen molar-refractivity contribution in [3.05, 3.63) is 0 Å². The molecule has 134 valence electrons. The van der Waals surface area contributed by atoms with Crippen LogP contribution in [0.5, 0.6) is 0 Å². The summed E-state index contributed by atoms with van der Waals surface area (Å²) in [7, 11) is 5.18. The minimum absolute atomic E-state index is 0.0184. The van der Waals surface area contributed by atoms with Gasteiger partial charge in [0, 0.05) is 41.0 Å². The first-order chi connectivity index (χ1) is 11.1. The number of likely N-dealkylation sites (N-methyl/N-ethyl adjacent to an activating group) is 1. The number of rotatable bonds is 11. The van der Waals surface area contributed by atoms with Gasteiger partial charge in [-0.2, -0.15) is 0 Å². The number of carbonyl (C=O) groups is 1. The van der Waals surface area contributed by atoms with Crippen LogP contribution in [-0.4, -0.2) is 76.9 Å². The highest BCUT2D eigenvalue weighted by Gasteiger charge is 2.31. The van der Waals surface area contributed by atoms with Gasteiger partial charge in [0.05, 0.1) is 12.6 Å². The predicted octanol–water partition coefficient (Wildman–Crippen LogP) is 0.461. The van der Waals surface area contributed by atoms with Crippen LogP contribution in [-0.2, 0) is 14.3 Å². The third-order valence-corrected chi connectivity index (χ3v) is 3.69. The van der Waals surface area contributed by atoms with Crippen molar-refractivity contribution in [3.63, 3.8) is 0 Å². The van der Waals surface area contributed by atoms with E-state index in [2.05, 4.69) is 15.6 Å². The lowest BCUT2D eigenvalue weighted by atomic mass is 10.2. The predicted molar refractivity (Wildman–Crippen MR) is 91.6 cm³/mol. The van der Waals surface area contributed by atoms with Crippen LogP contribution in [0.3, 0.4) is 0 Å². The summed E-state index contributed by atoms with van der Waals surface area (Å²) in [6.45, 7) is 4.97. The van der Waals surface area contributed by atoms with Crippen molar-refractivity contribution < 1.29 is 14.3 Å². The first kappa shape index (κ1) is 19.7. The summed E-state index contributed by atoms with van der Waals surface area (Å²) in [5.74, 6) is 1.29. The average Bonchev–Trinajstić information content (AvgIpc) is 3.35. The van der Waals surface area contributed by atoms with E-state index in [9.17, 15) is 4.79 Å². The number of nitrogens with one attached hydrogen (secondary N) is 2. The largest absolute Gasteiger partial charge is 0.383 e. The molecule has 1 saturated carbocycles. The van der Waals surface area contributed by atoms with E-state index < -0.39 is 0 Å². The summed E-state index contributed by atoms with van der Waals surface area (Å²) in [6, 6.07) is 0.243. The maximum absolute atomic E-state index is 11.7. The fraction of sp³-hybridized carbons (Fsp3) is 0.875. The Morgan fingerprint density at radius 3 is 2.70 bits per heavy atom. The lowest BCUT2D eigenvalue weighted by molar-refractivity contribution is -0.127. The van der Waals surface area contributed by atoms with Crippen LogP contribution >= 0.6 is 0 Å². The van der Waals surface area contributed by atoms with Crippen molar-refractivity contribution in [2.45, 2.75) is 32.2 Å². The molecule has 7 heteroatoms. The highest BCUT2D eigenvalue weighted by atomic mass is 16.5. The molecule has 0 radical (unpaired) electrons. The van der Waals surface area contributed by atoms with Crippen LogP contribution in [0.25, 0.3) is 0 Å². The maximum atomic E-state index is 11.7. The van der Waals surface area contributed by atoms with Gasteiger partial charge >= 0.3 is 0 Å². The monoisotopic (exact) mass is 328 g/mol. The minimum Gasteiger partial charge on any atom is -0.383 e. The molecule has 0 aromatic carbocycles. The highest BCUT2D eigenvalue weighted by molar-refractivity contribution is 5.84. The van der Waals surface area contributed by atoms with E-state index in [4.69, 9.17) is 9.47 Å². The molecule has 0 heterocycles. The number of guanidine groups is 1. The molecule has 1 aliphatic carbocycles. The summed E-state index contributed by atoms with van der Waals surface area (Å²) >= 11 is 0. The molecule has 0 aliphatic heterocycles. The Bertz CT molecular complexity index is 370. The second kappa shape index (κ2) is 11.2. The van der Waals surface area contributed by atoms with E-state index >= 15 is 0 Å². The van der Waals surface area contributed by atoms with E-state index in [1.54, 1.807) is 26.1 Å². The second-order valence-corrected chi connectivity index (χ2v) is 5.97. The Labute approximate surface area is 139 Å². The lowest BCUT2D eigenvalue weighted by Crippen LogP contribution is -2.47. The van der Waals surface area contributed by atoms with Crippen LogP contribution in [0.1, 0.15) is 26.2 Å². The van der Waals surface area contributed by atoms with Gasteiger partial charge in [0.15, 0.2) is 5.96 Å². The summed E-state index contributed by atoms with van der Waals surface area (Å²) in [5, 5.41) is 6.68. The second-order valence-electron chi connectivity index (χ2n) is 5.97. The fourth-order valence-corrected chi connectivity index (χ4v) is 2.12. The molecule has 0 aromatic rings. The van der Waals surface area contributed by atoms with Gasteiger partial charge in [-0.1, -0.05) is 0 Å². The lowest BCUT2D eigenvalue weighted by Gasteiger charge is -2.21. The Balaban J connectivity index is 2.51. The van der Waals surface area contributed by atoms with Crippen molar-refractivity contribution in [2.24, 2.45) is 10.9 Å². The van der Waals surface area contributed by atoms with Crippen LogP contribution in [0, 0.1) is 5.92 Å². The summed E-state index contributed by atoms with van der Waals surface area (Å²) in [4.78, 5) is 17.7. The number of hydrogen-bond donors (Lipinski definition) is 2. The normalized spacial score (nSPS) is 16.1. The molecule has 0 saturated heterocycles. The molecule has 0 bridgehead atoms. The van der Waals surface area contributed by atoms with Crippen molar-refractivity contribution >= 4 is 11.9 Å². The van der Waals surface area contributed by atoms with E-state index in [1.165, 1.54) is 12.8 Å². The van der Waals surface area contributed by atoms with Crippen LogP contribution in [0.15, 0.2) is 4.99 Å². The van der Waals surface area contributed by atoms with Gasteiger partial charge in [0.25, 0.3) is 0 Å². The molecule has 0 aromatic heterocycles. The minimum atomic E-state index is -0.0184. The third-order valence-electron chi connectivity index (χ3n) is 3.69. The Kier molecular flexibility index (Phi) is 9.63. The number of methoxy groups -OCH3 is 1. The molecule has 0 spiro atoms. The molecule has 1 amide bonds. The molecule has 1 atom stereocenters. The smallest absolute Gasteiger partial charge is 0.243 e. The first-order valence-corrected chi connectivity index (χ1v) is 8.40. The molecule has 1 rings (SSSR count). The molecule has 1 fully saturated rings. The molecule has 23 heavy (non-hydrogen) atoms. The van der Waals surface area contributed by atoms with Gasteiger partial charge in [0.1, 0.15) is 6.54 Å². The number of carbonyl (C=O) groups excluding carboxylic acids is 1.